The van der Waals surface area contributed by atoms with Gasteiger partial charge in [0.2, 0.25) is 5.56 Å². The van der Waals surface area contributed by atoms with Crippen molar-refractivity contribution >= 4 is 16.6 Å². The van der Waals surface area contributed by atoms with Gasteiger partial charge in [-0.15, -0.1) is 0 Å². The van der Waals surface area contributed by atoms with Gasteiger partial charge >= 0.3 is 6.18 Å². The molecule has 32 heavy (non-hydrogen) atoms. The van der Waals surface area contributed by atoms with Crippen LogP contribution in [0.15, 0.2) is 41.2 Å². The standard InChI is InChI=1S/C22H19F5N2O3/c1-10-9-21(31,22(25,26)27)20(12-3-5-14(24)19(32-2)17(10)12)28-15-7-6-13(23)18-11(15)4-8-16(30)29-18/h3-8,10,20,28,31H,9H2,1-2H3,(H,29,30)/t10-,20+,21-/m1/s1. The zero-order valence-electron chi connectivity index (χ0n) is 17.0. The van der Waals surface area contributed by atoms with Gasteiger partial charge in [0.05, 0.1) is 18.7 Å². The average molecular weight is 454 g/mol. The summed E-state index contributed by atoms with van der Waals surface area (Å²) in [5.41, 5.74) is -3.74. The van der Waals surface area contributed by atoms with E-state index in [4.69, 9.17) is 4.74 Å². The van der Waals surface area contributed by atoms with Crippen molar-refractivity contribution in [1.29, 1.82) is 0 Å². The Morgan fingerprint density at radius 3 is 2.47 bits per heavy atom. The second-order valence-corrected chi connectivity index (χ2v) is 7.89. The number of aromatic nitrogens is 1. The predicted molar refractivity (Wildman–Crippen MR) is 108 cm³/mol. The number of rotatable bonds is 3. The smallest absolute Gasteiger partial charge is 0.419 e. The van der Waals surface area contributed by atoms with Gasteiger partial charge in [0.25, 0.3) is 0 Å². The molecule has 0 fully saturated rings. The van der Waals surface area contributed by atoms with E-state index in [0.29, 0.717) is 0 Å². The summed E-state index contributed by atoms with van der Waals surface area (Å²) in [5.74, 6) is -2.57. The van der Waals surface area contributed by atoms with Crippen LogP contribution in [0.25, 0.3) is 10.9 Å². The fraction of sp³-hybridized carbons (Fsp3) is 0.318. The molecule has 1 aliphatic carbocycles. The van der Waals surface area contributed by atoms with E-state index in [-0.39, 0.29) is 33.5 Å². The van der Waals surface area contributed by atoms with Crippen LogP contribution in [0.4, 0.5) is 27.6 Å². The molecule has 0 unspecified atom stereocenters. The number of halogens is 5. The SMILES string of the molecule is COc1c(F)ccc2c1[C@H](C)C[C@](O)(C(F)(F)F)[C@H]2Nc1ccc(F)c2[nH]c(=O)ccc12. The van der Waals surface area contributed by atoms with Gasteiger partial charge in [-0.2, -0.15) is 13.2 Å². The highest BCUT2D eigenvalue weighted by Crippen LogP contribution is 2.54. The van der Waals surface area contributed by atoms with E-state index >= 15 is 0 Å². The molecule has 0 saturated carbocycles. The van der Waals surface area contributed by atoms with Crippen molar-refractivity contribution < 1.29 is 31.8 Å². The van der Waals surface area contributed by atoms with Gasteiger partial charge in [0.1, 0.15) is 5.82 Å². The first-order valence-electron chi connectivity index (χ1n) is 9.71. The molecule has 1 aliphatic rings. The van der Waals surface area contributed by atoms with Crippen LogP contribution in [-0.2, 0) is 0 Å². The number of pyridine rings is 1. The van der Waals surface area contributed by atoms with Gasteiger partial charge in [-0.3, -0.25) is 4.79 Å². The van der Waals surface area contributed by atoms with E-state index in [0.717, 1.165) is 18.2 Å². The Morgan fingerprint density at radius 2 is 1.81 bits per heavy atom. The lowest BCUT2D eigenvalue weighted by atomic mass is 9.70. The van der Waals surface area contributed by atoms with Crippen molar-refractivity contribution in [3.8, 4) is 5.75 Å². The van der Waals surface area contributed by atoms with Crippen molar-refractivity contribution in [3.05, 3.63) is 69.5 Å². The Bertz CT molecular complexity index is 1260. The van der Waals surface area contributed by atoms with E-state index in [2.05, 4.69) is 10.3 Å². The maximum atomic E-state index is 14.3. The number of fused-ring (bicyclic) bond motifs is 2. The summed E-state index contributed by atoms with van der Waals surface area (Å²) in [5, 5.41) is 13.7. The average Bonchev–Trinajstić information content (AvgIpc) is 2.72. The molecular formula is C22H19F5N2O3. The Morgan fingerprint density at radius 1 is 1.12 bits per heavy atom. The second kappa shape index (κ2) is 7.47. The van der Waals surface area contributed by atoms with Crippen LogP contribution in [0.5, 0.6) is 5.75 Å². The van der Waals surface area contributed by atoms with Crippen LogP contribution >= 0.6 is 0 Å². The highest BCUT2D eigenvalue weighted by Gasteiger charge is 2.62. The van der Waals surface area contributed by atoms with Crippen molar-refractivity contribution in [3.63, 3.8) is 0 Å². The lowest BCUT2D eigenvalue weighted by Crippen LogP contribution is -2.55. The van der Waals surface area contributed by atoms with Gasteiger partial charge in [-0.05, 0) is 42.2 Å². The minimum atomic E-state index is -5.04. The molecule has 170 valence electrons. The maximum Gasteiger partial charge on any atom is 0.419 e. The first-order valence-corrected chi connectivity index (χ1v) is 9.71. The van der Waals surface area contributed by atoms with Gasteiger partial charge in [0.15, 0.2) is 17.2 Å². The van der Waals surface area contributed by atoms with Crippen LogP contribution in [0, 0.1) is 11.6 Å². The third-order valence-corrected chi connectivity index (χ3v) is 5.92. The predicted octanol–water partition coefficient (Wildman–Crippen LogP) is 4.77. The number of methoxy groups -OCH3 is 1. The number of alkyl halides is 3. The molecule has 3 N–H and O–H groups in total. The van der Waals surface area contributed by atoms with Gasteiger partial charge in [-0.1, -0.05) is 13.0 Å². The van der Waals surface area contributed by atoms with Crippen molar-refractivity contribution in [2.45, 2.75) is 37.1 Å². The molecule has 0 aliphatic heterocycles. The number of anilines is 1. The molecule has 3 aromatic rings. The van der Waals surface area contributed by atoms with E-state index < -0.39 is 47.4 Å². The summed E-state index contributed by atoms with van der Waals surface area (Å²) >= 11 is 0. The zero-order chi connectivity index (χ0) is 23.4. The molecule has 0 bridgehead atoms. The Balaban J connectivity index is 1.95. The highest BCUT2D eigenvalue weighted by atomic mass is 19.4. The fourth-order valence-corrected chi connectivity index (χ4v) is 4.47. The molecule has 0 amide bonds. The van der Waals surface area contributed by atoms with Crippen LogP contribution in [-0.4, -0.2) is 29.0 Å². The summed E-state index contributed by atoms with van der Waals surface area (Å²) < 4.78 is 76.0. The van der Waals surface area contributed by atoms with Gasteiger partial charge in [-0.25, -0.2) is 8.78 Å². The highest BCUT2D eigenvalue weighted by molar-refractivity contribution is 5.91. The first kappa shape index (κ1) is 22.1. The van der Waals surface area contributed by atoms with Crippen molar-refractivity contribution in [2.75, 3.05) is 12.4 Å². The number of ether oxygens (including phenoxy) is 1. The summed E-state index contributed by atoms with van der Waals surface area (Å²) in [6, 6.07) is 4.97. The summed E-state index contributed by atoms with van der Waals surface area (Å²) in [7, 11) is 1.21. The maximum absolute atomic E-state index is 14.3. The van der Waals surface area contributed by atoms with Crippen molar-refractivity contribution in [2.24, 2.45) is 0 Å². The third kappa shape index (κ3) is 3.29. The molecule has 2 aromatic carbocycles. The summed E-state index contributed by atoms with van der Waals surface area (Å²) in [6.45, 7) is 1.45. The van der Waals surface area contributed by atoms with Gasteiger partial charge < -0.3 is 20.1 Å². The first-order chi connectivity index (χ1) is 15.0. The van der Waals surface area contributed by atoms with E-state index in [1.165, 1.54) is 32.2 Å². The van der Waals surface area contributed by atoms with Crippen LogP contribution in [0.2, 0.25) is 0 Å². The number of aromatic amines is 1. The van der Waals surface area contributed by atoms with Gasteiger partial charge in [0, 0.05) is 22.7 Å². The Kier molecular flexibility index (Phi) is 5.15. The normalized spacial score (nSPS) is 23.1. The quantitative estimate of drug-likeness (QED) is 0.499. The minimum absolute atomic E-state index is 0.00345. The third-order valence-electron chi connectivity index (χ3n) is 5.92. The van der Waals surface area contributed by atoms with Crippen LogP contribution in [0.3, 0.4) is 0 Å². The lowest BCUT2D eigenvalue weighted by molar-refractivity contribution is -0.272. The molecule has 1 heterocycles. The summed E-state index contributed by atoms with van der Waals surface area (Å²) in [4.78, 5) is 13.9. The zero-order valence-corrected chi connectivity index (χ0v) is 17.0. The monoisotopic (exact) mass is 454 g/mol. The number of aliphatic hydroxyl groups is 1. The number of benzene rings is 2. The number of nitrogens with one attached hydrogen (secondary N) is 2. The van der Waals surface area contributed by atoms with Crippen molar-refractivity contribution in [1.82, 2.24) is 4.98 Å². The number of hydrogen-bond acceptors (Lipinski definition) is 4. The van der Waals surface area contributed by atoms with E-state index in [1.807, 2.05) is 0 Å². The Hall–Kier alpha value is -3.14. The van der Waals surface area contributed by atoms with Crippen LogP contribution in [0.1, 0.15) is 36.4 Å². The minimum Gasteiger partial charge on any atom is -0.493 e. The molecule has 10 heteroatoms. The second-order valence-electron chi connectivity index (χ2n) is 7.89. The summed E-state index contributed by atoms with van der Waals surface area (Å²) in [6.07, 6.45) is -5.79. The van der Waals surface area contributed by atoms with E-state index in [9.17, 15) is 31.9 Å². The molecule has 0 saturated heterocycles. The topological polar surface area (TPSA) is 74.3 Å². The lowest BCUT2D eigenvalue weighted by Gasteiger charge is -2.45. The molecule has 0 radical (unpaired) electrons. The van der Waals surface area contributed by atoms with E-state index in [1.54, 1.807) is 0 Å². The Labute approximate surface area is 178 Å². The molecule has 5 nitrogen and oxygen atoms in total. The largest absolute Gasteiger partial charge is 0.493 e. The molecule has 4 rings (SSSR count). The molecule has 0 spiro atoms. The number of hydrogen-bond donors (Lipinski definition) is 3. The number of H-pyrrole nitrogens is 1. The molecular weight excluding hydrogens is 435 g/mol. The molecule has 1 aromatic heterocycles. The molecule has 3 atom stereocenters. The van der Waals surface area contributed by atoms with Crippen LogP contribution < -0.4 is 15.6 Å². The fourth-order valence-electron chi connectivity index (χ4n) is 4.47.